The Hall–Kier alpha value is -3.08. The fourth-order valence-electron chi connectivity index (χ4n) is 2.77. The van der Waals surface area contributed by atoms with E-state index in [1.54, 1.807) is 31.2 Å². The molecule has 1 atom stereocenters. The maximum Gasteiger partial charge on any atom is 0.310 e. The summed E-state index contributed by atoms with van der Waals surface area (Å²) in [5, 5.41) is 13.0. The summed E-state index contributed by atoms with van der Waals surface area (Å²) in [5.74, 6) is -1.78. The van der Waals surface area contributed by atoms with E-state index in [9.17, 15) is 14.7 Å². The first-order valence-electron chi connectivity index (χ1n) is 7.73. The number of aromatic nitrogens is 1. The number of aromatic amines is 1. The summed E-state index contributed by atoms with van der Waals surface area (Å²) in [6.07, 6.45) is 2.05. The second-order valence-corrected chi connectivity index (χ2v) is 5.73. The molecule has 5 nitrogen and oxygen atoms in total. The van der Waals surface area contributed by atoms with E-state index >= 15 is 0 Å². The highest BCUT2D eigenvalue weighted by atomic mass is 16.4. The minimum absolute atomic E-state index is 0.176. The van der Waals surface area contributed by atoms with Gasteiger partial charge < -0.3 is 15.4 Å². The van der Waals surface area contributed by atoms with Gasteiger partial charge in [0.05, 0.1) is 12.3 Å². The van der Waals surface area contributed by atoms with Crippen LogP contribution in [-0.4, -0.2) is 22.0 Å². The van der Waals surface area contributed by atoms with Gasteiger partial charge in [-0.1, -0.05) is 36.4 Å². The van der Waals surface area contributed by atoms with E-state index in [4.69, 9.17) is 0 Å². The smallest absolute Gasteiger partial charge is 0.310 e. The molecule has 3 N–H and O–H groups in total. The molecular weight excluding hydrogens is 304 g/mol. The summed E-state index contributed by atoms with van der Waals surface area (Å²) in [6.45, 7) is 1.60. The molecule has 1 amide bonds. The number of anilines is 1. The summed E-state index contributed by atoms with van der Waals surface area (Å²) in [4.78, 5) is 26.8. The third-order valence-electron chi connectivity index (χ3n) is 4.10. The van der Waals surface area contributed by atoms with Gasteiger partial charge in [0, 0.05) is 22.8 Å². The Morgan fingerprint density at radius 2 is 1.83 bits per heavy atom. The molecule has 3 rings (SSSR count). The molecule has 1 aromatic heterocycles. The topological polar surface area (TPSA) is 82.2 Å². The molecule has 1 heterocycles. The van der Waals surface area contributed by atoms with Gasteiger partial charge in [-0.25, -0.2) is 0 Å². The Bertz CT molecular complexity index is 898. The van der Waals surface area contributed by atoms with Crippen LogP contribution in [0.5, 0.6) is 0 Å². The number of hydrogen-bond donors (Lipinski definition) is 3. The van der Waals surface area contributed by atoms with Crippen molar-refractivity contribution in [2.75, 3.05) is 5.32 Å². The summed E-state index contributed by atoms with van der Waals surface area (Å²) in [7, 11) is 0. The normalized spacial score (nSPS) is 12.0. The molecule has 5 heteroatoms. The molecule has 0 aliphatic heterocycles. The van der Waals surface area contributed by atoms with Crippen LogP contribution in [0.3, 0.4) is 0 Å². The van der Waals surface area contributed by atoms with Crippen molar-refractivity contribution in [1.29, 1.82) is 0 Å². The molecule has 0 saturated heterocycles. The van der Waals surface area contributed by atoms with Crippen LogP contribution in [0.25, 0.3) is 10.9 Å². The number of hydrogen-bond acceptors (Lipinski definition) is 2. The number of rotatable bonds is 5. The SMILES string of the molecule is CC(C(=O)O)c1ccccc1NC(=O)Cc1c[nH]c2ccccc12. The number of H-pyrrole nitrogens is 1. The van der Waals surface area contributed by atoms with Crippen LogP contribution in [0.15, 0.2) is 54.7 Å². The van der Waals surface area contributed by atoms with Gasteiger partial charge in [-0.05, 0) is 30.2 Å². The third-order valence-corrected chi connectivity index (χ3v) is 4.10. The lowest BCUT2D eigenvalue weighted by Gasteiger charge is -2.14. The predicted octanol–water partition coefficient (Wildman–Crippen LogP) is 3.54. The molecule has 122 valence electrons. The molecule has 0 spiro atoms. The van der Waals surface area contributed by atoms with E-state index in [0.717, 1.165) is 16.5 Å². The van der Waals surface area contributed by atoms with Crippen molar-refractivity contribution in [3.8, 4) is 0 Å². The lowest BCUT2D eigenvalue weighted by atomic mass is 9.99. The van der Waals surface area contributed by atoms with Gasteiger partial charge >= 0.3 is 5.97 Å². The van der Waals surface area contributed by atoms with Gasteiger partial charge in [0.15, 0.2) is 0 Å². The van der Waals surface area contributed by atoms with Crippen molar-refractivity contribution in [1.82, 2.24) is 4.98 Å². The zero-order valence-corrected chi connectivity index (χ0v) is 13.2. The quantitative estimate of drug-likeness (QED) is 0.672. The van der Waals surface area contributed by atoms with Crippen molar-refractivity contribution >= 4 is 28.5 Å². The molecule has 1 unspecified atom stereocenters. The van der Waals surface area contributed by atoms with Crippen LogP contribution in [0, 0.1) is 0 Å². The van der Waals surface area contributed by atoms with Crippen molar-refractivity contribution in [2.24, 2.45) is 0 Å². The number of amides is 1. The zero-order valence-electron chi connectivity index (χ0n) is 13.2. The molecule has 0 aliphatic carbocycles. The lowest BCUT2D eigenvalue weighted by Crippen LogP contribution is -2.17. The number of aliphatic carboxylic acids is 1. The number of fused-ring (bicyclic) bond motifs is 1. The van der Waals surface area contributed by atoms with Crippen LogP contribution in [0.2, 0.25) is 0 Å². The first-order valence-corrected chi connectivity index (χ1v) is 7.73. The maximum atomic E-state index is 12.4. The van der Waals surface area contributed by atoms with Gasteiger partial charge in [0.2, 0.25) is 5.91 Å². The Kier molecular flexibility index (Phi) is 4.33. The van der Waals surface area contributed by atoms with Crippen molar-refractivity contribution < 1.29 is 14.7 Å². The average molecular weight is 322 g/mol. The second-order valence-electron chi connectivity index (χ2n) is 5.73. The number of nitrogens with one attached hydrogen (secondary N) is 2. The molecule has 24 heavy (non-hydrogen) atoms. The van der Waals surface area contributed by atoms with Gasteiger partial charge in [-0.3, -0.25) is 9.59 Å². The van der Waals surface area contributed by atoms with E-state index in [1.807, 2.05) is 30.5 Å². The molecule has 0 fully saturated rings. The molecule has 2 aromatic carbocycles. The average Bonchev–Trinajstić information content (AvgIpc) is 2.98. The van der Waals surface area contributed by atoms with Crippen molar-refractivity contribution in [3.05, 3.63) is 65.9 Å². The van der Waals surface area contributed by atoms with Crippen LogP contribution in [0.1, 0.15) is 24.0 Å². The minimum atomic E-state index is -0.923. The number of carbonyl (C=O) groups is 2. The minimum Gasteiger partial charge on any atom is -0.481 e. The Morgan fingerprint density at radius 1 is 1.12 bits per heavy atom. The monoisotopic (exact) mass is 322 g/mol. The standard InChI is InChI=1S/C19H18N2O3/c1-12(19(23)24)14-6-2-5-9-17(14)21-18(22)10-13-11-20-16-8-4-3-7-15(13)16/h2-9,11-12,20H,10H2,1H3,(H,21,22)(H,23,24). The zero-order chi connectivity index (χ0) is 17.1. The predicted molar refractivity (Wildman–Crippen MR) is 93.1 cm³/mol. The Balaban J connectivity index is 1.79. The van der Waals surface area contributed by atoms with E-state index in [2.05, 4.69) is 10.3 Å². The van der Waals surface area contributed by atoms with E-state index in [-0.39, 0.29) is 12.3 Å². The lowest BCUT2D eigenvalue weighted by molar-refractivity contribution is -0.138. The summed E-state index contributed by atoms with van der Waals surface area (Å²) < 4.78 is 0. The second kappa shape index (κ2) is 6.58. The first kappa shape index (κ1) is 15.8. The first-order chi connectivity index (χ1) is 11.6. The van der Waals surface area contributed by atoms with Crippen LogP contribution in [-0.2, 0) is 16.0 Å². The fraction of sp³-hybridized carbons (Fsp3) is 0.158. The fourth-order valence-corrected chi connectivity index (χ4v) is 2.77. The van der Waals surface area contributed by atoms with Gasteiger partial charge in [-0.15, -0.1) is 0 Å². The highest BCUT2D eigenvalue weighted by molar-refractivity contribution is 5.97. The molecule has 0 saturated carbocycles. The van der Waals surface area contributed by atoms with Gasteiger partial charge in [0.1, 0.15) is 0 Å². The molecule has 0 radical (unpaired) electrons. The number of benzene rings is 2. The van der Waals surface area contributed by atoms with Crippen LogP contribution < -0.4 is 5.32 Å². The van der Waals surface area contributed by atoms with Crippen LogP contribution in [0.4, 0.5) is 5.69 Å². The largest absolute Gasteiger partial charge is 0.481 e. The van der Waals surface area contributed by atoms with Gasteiger partial charge in [-0.2, -0.15) is 0 Å². The Morgan fingerprint density at radius 3 is 2.62 bits per heavy atom. The summed E-state index contributed by atoms with van der Waals surface area (Å²) in [5.41, 5.74) is 3.03. The van der Waals surface area contributed by atoms with E-state index < -0.39 is 11.9 Å². The highest BCUT2D eigenvalue weighted by Crippen LogP contribution is 2.25. The van der Waals surface area contributed by atoms with Crippen molar-refractivity contribution in [2.45, 2.75) is 19.3 Å². The number of carbonyl (C=O) groups excluding carboxylic acids is 1. The maximum absolute atomic E-state index is 12.4. The van der Waals surface area contributed by atoms with E-state index in [0.29, 0.717) is 11.3 Å². The Labute approximate surface area is 139 Å². The van der Waals surface area contributed by atoms with Gasteiger partial charge in [0.25, 0.3) is 0 Å². The highest BCUT2D eigenvalue weighted by Gasteiger charge is 2.18. The molecule has 3 aromatic rings. The summed E-state index contributed by atoms with van der Waals surface area (Å²) >= 11 is 0. The summed E-state index contributed by atoms with van der Waals surface area (Å²) in [6, 6.07) is 14.8. The molecular formula is C19H18N2O3. The number of carboxylic acids is 1. The number of carboxylic acid groups (broad SMARTS) is 1. The van der Waals surface area contributed by atoms with E-state index in [1.165, 1.54) is 0 Å². The molecule has 0 aliphatic rings. The molecule has 0 bridgehead atoms. The van der Waals surface area contributed by atoms with Crippen molar-refractivity contribution in [3.63, 3.8) is 0 Å². The number of para-hydroxylation sites is 2. The van der Waals surface area contributed by atoms with Crippen LogP contribution >= 0.6 is 0 Å². The third kappa shape index (κ3) is 3.15.